The molecule has 0 amide bonds. The molecule has 1 saturated carbocycles. The van der Waals surface area contributed by atoms with Crippen molar-refractivity contribution in [1.29, 1.82) is 0 Å². The van der Waals surface area contributed by atoms with Gasteiger partial charge in [0.1, 0.15) is 6.29 Å². The van der Waals surface area contributed by atoms with Crippen LogP contribution in [0.5, 0.6) is 0 Å². The van der Waals surface area contributed by atoms with Gasteiger partial charge in [-0.05, 0) is 56.4 Å². The molecule has 1 atom stereocenters. The Labute approximate surface area is 125 Å². The fraction of sp³-hybridized carbons (Fsp3) is 0.533. The van der Waals surface area contributed by atoms with Crippen LogP contribution in [0.3, 0.4) is 0 Å². The predicted molar refractivity (Wildman–Crippen MR) is 80.8 cm³/mol. The molecule has 1 heterocycles. The first-order chi connectivity index (χ1) is 10.1. The maximum absolute atomic E-state index is 12.1. The van der Waals surface area contributed by atoms with Crippen LogP contribution in [0.25, 0.3) is 0 Å². The maximum Gasteiger partial charge on any atom is 0.240 e. The lowest BCUT2D eigenvalue weighted by Crippen LogP contribution is -2.40. The van der Waals surface area contributed by atoms with Crippen LogP contribution < -0.4 is 9.62 Å². The molecule has 0 aromatic heterocycles. The highest BCUT2D eigenvalue weighted by molar-refractivity contribution is 7.89. The molecule has 1 aromatic carbocycles. The van der Waals surface area contributed by atoms with Gasteiger partial charge in [0.2, 0.25) is 10.0 Å². The number of piperidine rings is 1. The largest absolute Gasteiger partial charge is 0.362 e. The first-order valence-corrected chi connectivity index (χ1v) is 8.93. The van der Waals surface area contributed by atoms with Crippen molar-refractivity contribution >= 4 is 22.0 Å². The summed E-state index contributed by atoms with van der Waals surface area (Å²) >= 11 is 0. The second kappa shape index (κ2) is 5.77. The van der Waals surface area contributed by atoms with Crippen molar-refractivity contribution in [3.63, 3.8) is 0 Å². The number of sulfonamides is 1. The summed E-state index contributed by atoms with van der Waals surface area (Å²) < 4.78 is 26.9. The van der Waals surface area contributed by atoms with Gasteiger partial charge in [-0.25, -0.2) is 13.1 Å². The fourth-order valence-electron chi connectivity index (χ4n) is 2.72. The Balaban J connectivity index is 1.78. The molecule has 0 radical (unpaired) electrons. The Morgan fingerprint density at radius 2 is 1.81 bits per heavy atom. The number of nitrogens with zero attached hydrogens (tertiary/aromatic N) is 1. The fourth-order valence-corrected chi connectivity index (χ4v) is 4.03. The van der Waals surface area contributed by atoms with Gasteiger partial charge in [-0.1, -0.05) is 0 Å². The Kier molecular flexibility index (Phi) is 3.99. The molecule has 1 N–H and O–H groups in total. The summed E-state index contributed by atoms with van der Waals surface area (Å²) in [7, 11) is -3.40. The normalized spacial score (nSPS) is 23.0. The number of rotatable bonds is 5. The highest BCUT2D eigenvalue weighted by Crippen LogP contribution is 2.26. The molecule has 1 aliphatic heterocycles. The van der Waals surface area contributed by atoms with E-state index in [1.807, 2.05) is 0 Å². The molecule has 1 aromatic rings. The molecular weight excluding hydrogens is 288 g/mol. The third kappa shape index (κ3) is 3.27. The Hall–Kier alpha value is -1.40. The van der Waals surface area contributed by atoms with Gasteiger partial charge in [0, 0.05) is 18.3 Å². The predicted octanol–water partition coefficient (Wildman–Crippen LogP) is 1.69. The van der Waals surface area contributed by atoms with Crippen molar-refractivity contribution in [2.24, 2.45) is 0 Å². The third-order valence-corrected chi connectivity index (χ3v) is 5.62. The Bertz CT molecular complexity index is 608. The van der Waals surface area contributed by atoms with Crippen LogP contribution in [0.2, 0.25) is 0 Å². The number of nitrogens with one attached hydrogen (secondary N) is 1. The van der Waals surface area contributed by atoms with Crippen molar-refractivity contribution < 1.29 is 13.2 Å². The van der Waals surface area contributed by atoms with E-state index in [4.69, 9.17) is 0 Å². The van der Waals surface area contributed by atoms with Gasteiger partial charge < -0.3 is 9.69 Å². The van der Waals surface area contributed by atoms with Gasteiger partial charge in [0.05, 0.1) is 10.9 Å². The Morgan fingerprint density at radius 3 is 2.43 bits per heavy atom. The number of carbonyl (C=O) groups is 1. The van der Waals surface area contributed by atoms with Crippen molar-refractivity contribution in [3.05, 3.63) is 24.3 Å². The van der Waals surface area contributed by atoms with E-state index in [-0.39, 0.29) is 17.0 Å². The zero-order valence-electron chi connectivity index (χ0n) is 11.9. The second-order valence-corrected chi connectivity index (χ2v) is 7.50. The lowest BCUT2D eigenvalue weighted by molar-refractivity contribution is -0.109. The summed E-state index contributed by atoms with van der Waals surface area (Å²) in [5.74, 6) is 0. The van der Waals surface area contributed by atoms with E-state index in [0.717, 1.165) is 50.6 Å². The average Bonchev–Trinajstić information content (AvgIpc) is 3.30. The SMILES string of the molecule is O=CC1CCCCN1c1ccc(S(=O)(=O)NC2CC2)cc1. The van der Waals surface area contributed by atoms with E-state index >= 15 is 0 Å². The number of hydrogen-bond donors (Lipinski definition) is 1. The minimum Gasteiger partial charge on any atom is -0.362 e. The number of hydrogen-bond acceptors (Lipinski definition) is 4. The monoisotopic (exact) mass is 308 g/mol. The lowest BCUT2D eigenvalue weighted by atomic mass is 10.0. The molecule has 3 rings (SSSR count). The molecule has 114 valence electrons. The maximum atomic E-state index is 12.1. The van der Waals surface area contributed by atoms with Gasteiger partial charge in [0.25, 0.3) is 0 Å². The third-order valence-electron chi connectivity index (χ3n) is 4.08. The summed E-state index contributed by atoms with van der Waals surface area (Å²) in [6, 6.07) is 6.85. The van der Waals surface area contributed by atoms with Crippen molar-refractivity contribution in [1.82, 2.24) is 4.72 Å². The van der Waals surface area contributed by atoms with E-state index in [0.29, 0.717) is 0 Å². The molecule has 6 heteroatoms. The molecule has 1 unspecified atom stereocenters. The number of aldehydes is 1. The number of carbonyl (C=O) groups excluding carboxylic acids is 1. The van der Waals surface area contributed by atoms with Crippen LogP contribution in [0.4, 0.5) is 5.69 Å². The standard InChI is InChI=1S/C15H20N2O3S/c18-11-14-3-1-2-10-17(14)13-6-8-15(9-7-13)21(19,20)16-12-4-5-12/h6-9,11-12,14,16H,1-5,10H2. The van der Waals surface area contributed by atoms with Gasteiger partial charge >= 0.3 is 0 Å². The summed E-state index contributed by atoms with van der Waals surface area (Å²) in [5.41, 5.74) is 0.914. The highest BCUT2D eigenvalue weighted by atomic mass is 32.2. The van der Waals surface area contributed by atoms with Crippen LogP contribution in [0.15, 0.2) is 29.2 Å². The molecule has 1 saturated heterocycles. The molecule has 1 aliphatic carbocycles. The Morgan fingerprint density at radius 1 is 1.10 bits per heavy atom. The van der Waals surface area contributed by atoms with Crippen LogP contribution in [0.1, 0.15) is 32.1 Å². The summed E-state index contributed by atoms with van der Waals surface area (Å²) in [4.78, 5) is 13.5. The van der Waals surface area contributed by atoms with E-state index in [1.165, 1.54) is 0 Å². The molecule has 2 fully saturated rings. The summed E-state index contributed by atoms with van der Waals surface area (Å²) in [6.07, 6.45) is 5.83. The quantitative estimate of drug-likeness (QED) is 0.841. The summed E-state index contributed by atoms with van der Waals surface area (Å²) in [5, 5.41) is 0. The van der Waals surface area contributed by atoms with Crippen LogP contribution in [0, 0.1) is 0 Å². The van der Waals surface area contributed by atoms with E-state index in [1.54, 1.807) is 24.3 Å². The molecular formula is C15H20N2O3S. The van der Waals surface area contributed by atoms with Crippen molar-refractivity contribution in [2.45, 2.75) is 49.1 Å². The molecule has 21 heavy (non-hydrogen) atoms. The first-order valence-electron chi connectivity index (χ1n) is 7.44. The van der Waals surface area contributed by atoms with Gasteiger partial charge in [-0.15, -0.1) is 0 Å². The van der Waals surface area contributed by atoms with E-state index in [9.17, 15) is 13.2 Å². The molecule has 0 bridgehead atoms. The van der Waals surface area contributed by atoms with Gasteiger partial charge in [0.15, 0.2) is 0 Å². The van der Waals surface area contributed by atoms with Gasteiger partial charge in [-0.2, -0.15) is 0 Å². The zero-order chi connectivity index (χ0) is 14.9. The first kappa shape index (κ1) is 14.5. The van der Waals surface area contributed by atoms with Crippen LogP contribution in [-0.2, 0) is 14.8 Å². The number of benzene rings is 1. The van der Waals surface area contributed by atoms with Gasteiger partial charge in [-0.3, -0.25) is 0 Å². The lowest BCUT2D eigenvalue weighted by Gasteiger charge is -2.34. The number of anilines is 1. The molecule has 5 nitrogen and oxygen atoms in total. The van der Waals surface area contributed by atoms with Crippen LogP contribution >= 0.6 is 0 Å². The van der Waals surface area contributed by atoms with Crippen LogP contribution in [-0.4, -0.2) is 33.3 Å². The topological polar surface area (TPSA) is 66.5 Å². The van der Waals surface area contributed by atoms with Crippen molar-refractivity contribution in [3.8, 4) is 0 Å². The second-order valence-electron chi connectivity index (χ2n) is 5.78. The average molecular weight is 308 g/mol. The highest BCUT2D eigenvalue weighted by Gasteiger charge is 2.28. The summed E-state index contributed by atoms with van der Waals surface area (Å²) in [6.45, 7) is 0.843. The molecule has 2 aliphatic rings. The molecule has 0 spiro atoms. The zero-order valence-corrected chi connectivity index (χ0v) is 12.7. The van der Waals surface area contributed by atoms with Crippen molar-refractivity contribution in [2.75, 3.05) is 11.4 Å². The van der Waals surface area contributed by atoms with E-state index in [2.05, 4.69) is 9.62 Å². The smallest absolute Gasteiger partial charge is 0.240 e. The minimum absolute atomic E-state index is 0.0919. The van der Waals surface area contributed by atoms with E-state index < -0.39 is 10.0 Å². The minimum atomic E-state index is -3.40.